The van der Waals surface area contributed by atoms with Crippen LogP contribution in [0.3, 0.4) is 0 Å². The van der Waals surface area contributed by atoms with Gasteiger partial charge in [-0.15, -0.1) is 0 Å². The molecule has 0 bridgehead atoms. The maximum atomic E-state index is 10.6. The Balaban J connectivity index is 0.000000405. The van der Waals surface area contributed by atoms with Crippen molar-refractivity contribution in [2.75, 3.05) is 23.3 Å². The second-order valence-electron chi connectivity index (χ2n) is 8.80. The Kier molecular flexibility index (Phi) is 8.04. The van der Waals surface area contributed by atoms with E-state index in [1.54, 1.807) is 12.4 Å². The number of hydrogen-bond acceptors (Lipinski definition) is 8. The molecule has 3 heterocycles. The van der Waals surface area contributed by atoms with Crippen molar-refractivity contribution in [3.63, 3.8) is 0 Å². The summed E-state index contributed by atoms with van der Waals surface area (Å²) < 4.78 is 37.9. The van der Waals surface area contributed by atoms with Crippen LogP contribution in [0.4, 0.5) is 24.8 Å². The molecule has 196 valence electrons. The van der Waals surface area contributed by atoms with E-state index in [0.29, 0.717) is 12.5 Å². The van der Waals surface area contributed by atoms with Crippen molar-refractivity contribution < 1.29 is 32.6 Å². The average Bonchev–Trinajstić information content (AvgIpc) is 3.69. The molecule has 2 aliphatic rings. The summed E-state index contributed by atoms with van der Waals surface area (Å²) in [6.45, 7) is 1.74. The number of rotatable bonds is 7. The van der Waals surface area contributed by atoms with E-state index in [1.807, 2.05) is 30.3 Å². The third-order valence-corrected chi connectivity index (χ3v) is 5.90. The molecule has 9 nitrogen and oxygen atoms in total. The normalized spacial score (nSPS) is 16.0. The molecule has 2 aromatic heterocycles. The Morgan fingerprint density at radius 3 is 2.35 bits per heavy atom. The van der Waals surface area contributed by atoms with Crippen molar-refractivity contribution in [2.45, 2.75) is 50.4 Å². The quantitative estimate of drug-likeness (QED) is 0.448. The van der Waals surface area contributed by atoms with E-state index in [4.69, 9.17) is 24.6 Å². The lowest BCUT2D eigenvalue weighted by Crippen LogP contribution is -2.39. The van der Waals surface area contributed by atoms with Gasteiger partial charge in [0, 0.05) is 44.6 Å². The summed E-state index contributed by atoms with van der Waals surface area (Å²) in [5.41, 5.74) is 2.70. The number of anilines is 2. The molecule has 0 radical (unpaired) electrons. The minimum atomic E-state index is -5.08. The number of ether oxygens (including phenoxy) is 1. The molecule has 3 aromatic rings. The van der Waals surface area contributed by atoms with Crippen molar-refractivity contribution >= 4 is 34.9 Å². The summed E-state index contributed by atoms with van der Waals surface area (Å²) in [7, 11) is 0. The van der Waals surface area contributed by atoms with Gasteiger partial charge in [-0.1, -0.05) is 12.1 Å². The van der Waals surface area contributed by atoms with Crippen LogP contribution in [0.1, 0.15) is 31.2 Å². The van der Waals surface area contributed by atoms with Gasteiger partial charge < -0.3 is 24.9 Å². The Morgan fingerprint density at radius 1 is 1.08 bits per heavy atom. The number of pyridine rings is 1. The second-order valence-corrected chi connectivity index (χ2v) is 8.80. The number of aromatic nitrogens is 3. The van der Waals surface area contributed by atoms with Crippen LogP contribution in [-0.2, 0) is 16.0 Å². The molecule has 0 spiro atoms. The molecule has 2 fully saturated rings. The first-order valence-corrected chi connectivity index (χ1v) is 11.9. The van der Waals surface area contributed by atoms with Gasteiger partial charge in [-0.05, 0) is 36.6 Å². The Morgan fingerprint density at radius 2 is 1.76 bits per heavy atom. The number of benzene rings is 1. The standard InChI is InChI=1S/C23H25N5O2.C2HF3O2/c29-14-10-16-1-5-18(6-2-16)30-19-8-12-28(13-9-19)23-22(25-17-3-4-17)26-20-7-11-24-15-21(20)27-23;3-2(4,5)1(6)7/h1-2,5-7,11,14-15,17,19H,3-4,8-10,12-13H2,(H,25,26);(H,6,7). The molecule has 37 heavy (non-hydrogen) atoms. The topological polar surface area (TPSA) is 118 Å². The largest absolute Gasteiger partial charge is 0.490 e. The highest BCUT2D eigenvalue weighted by molar-refractivity contribution is 5.80. The molecule has 0 atom stereocenters. The van der Waals surface area contributed by atoms with Gasteiger partial charge in [-0.25, -0.2) is 14.8 Å². The summed E-state index contributed by atoms with van der Waals surface area (Å²) >= 11 is 0. The number of fused-ring (bicyclic) bond motifs is 1. The van der Waals surface area contributed by atoms with Crippen LogP contribution in [0.2, 0.25) is 0 Å². The summed E-state index contributed by atoms with van der Waals surface area (Å²) in [6.07, 6.45) is 4.21. The SMILES string of the molecule is O=C(O)C(F)(F)F.O=CCc1ccc(OC2CCN(c3nc4cnccc4nc3NC3CC3)CC2)cc1. The monoisotopic (exact) mass is 517 g/mol. The third kappa shape index (κ3) is 7.28. The lowest BCUT2D eigenvalue weighted by Gasteiger charge is -2.33. The second kappa shape index (κ2) is 11.4. The number of carboxylic acids is 1. The number of halogens is 3. The fraction of sp³-hybridized carbons (Fsp3) is 0.400. The van der Waals surface area contributed by atoms with Crippen molar-refractivity contribution in [3.05, 3.63) is 48.3 Å². The maximum Gasteiger partial charge on any atom is 0.490 e. The molecule has 2 N–H and O–H groups in total. The number of carboxylic acid groups (broad SMARTS) is 1. The van der Waals surface area contributed by atoms with Gasteiger partial charge in [0.25, 0.3) is 0 Å². The van der Waals surface area contributed by atoms with Crippen LogP contribution in [0.5, 0.6) is 5.75 Å². The first-order valence-electron chi connectivity index (χ1n) is 11.9. The molecule has 5 rings (SSSR count). The Hall–Kier alpha value is -3.96. The number of carbonyl (C=O) groups is 2. The number of nitrogens with zero attached hydrogens (tertiary/aromatic N) is 4. The van der Waals surface area contributed by atoms with E-state index in [9.17, 15) is 18.0 Å². The Bertz CT molecular complexity index is 1230. The van der Waals surface area contributed by atoms with Crippen LogP contribution in [0.15, 0.2) is 42.7 Å². The van der Waals surface area contributed by atoms with E-state index in [2.05, 4.69) is 15.2 Å². The summed E-state index contributed by atoms with van der Waals surface area (Å²) in [5, 5.41) is 10.7. The molecule has 1 saturated heterocycles. The van der Waals surface area contributed by atoms with Crippen molar-refractivity contribution in [1.29, 1.82) is 0 Å². The van der Waals surface area contributed by atoms with Gasteiger partial charge in [-0.3, -0.25) is 4.98 Å². The first-order chi connectivity index (χ1) is 17.7. The zero-order chi connectivity index (χ0) is 26.4. The summed E-state index contributed by atoms with van der Waals surface area (Å²) in [4.78, 5) is 35.7. The molecule has 1 aliphatic heterocycles. The maximum absolute atomic E-state index is 10.6. The van der Waals surface area contributed by atoms with Crippen molar-refractivity contribution in [3.8, 4) is 5.75 Å². The van der Waals surface area contributed by atoms with Gasteiger partial charge in [0.1, 0.15) is 23.7 Å². The van der Waals surface area contributed by atoms with Gasteiger partial charge in [-0.2, -0.15) is 13.2 Å². The zero-order valence-electron chi connectivity index (χ0n) is 19.8. The highest BCUT2D eigenvalue weighted by atomic mass is 19.4. The number of carbonyl (C=O) groups excluding carboxylic acids is 1. The highest BCUT2D eigenvalue weighted by Gasteiger charge is 2.38. The molecule has 1 aliphatic carbocycles. The fourth-order valence-electron chi connectivity index (χ4n) is 3.81. The average molecular weight is 518 g/mol. The molecular formula is C25H26F3N5O4. The number of nitrogens with one attached hydrogen (secondary N) is 1. The number of piperidine rings is 1. The van der Waals surface area contributed by atoms with Crippen LogP contribution < -0.4 is 15.0 Å². The minimum Gasteiger partial charge on any atom is -0.490 e. The van der Waals surface area contributed by atoms with Crippen molar-refractivity contribution in [2.24, 2.45) is 0 Å². The Labute approximate surface area is 210 Å². The van der Waals surface area contributed by atoms with Gasteiger partial charge in [0.15, 0.2) is 11.6 Å². The number of aliphatic carboxylic acids is 1. The third-order valence-electron chi connectivity index (χ3n) is 5.90. The highest BCUT2D eigenvalue weighted by Crippen LogP contribution is 2.32. The first kappa shape index (κ1) is 26.1. The van der Waals surface area contributed by atoms with Crippen LogP contribution in [0, 0.1) is 0 Å². The number of aldehydes is 1. The molecule has 1 aromatic carbocycles. The molecule has 0 amide bonds. The van der Waals surface area contributed by atoms with E-state index < -0.39 is 12.1 Å². The molecule has 0 unspecified atom stereocenters. The number of alkyl halides is 3. The predicted molar refractivity (Wildman–Crippen MR) is 130 cm³/mol. The van der Waals surface area contributed by atoms with Gasteiger partial charge >= 0.3 is 12.1 Å². The van der Waals surface area contributed by atoms with E-state index >= 15 is 0 Å². The van der Waals surface area contributed by atoms with Gasteiger partial charge in [0.05, 0.1) is 11.7 Å². The fourth-order valence-corrected chi connectivity index (χ4v) is 3.81. The number of hydrogen-bond donors (Lipinski definition) is 2. The van der Waals surface area contributed by atoms with E-state index in [0.717, 1.165) is 66.2 Å². The summed E-state index contributed by atoms with van der Waals surface area (Å²) in [6, 6.07) is 10.2. The van der Waals surface area contributed by atoms with Crippen LogP contribution >= 0.6 is 0 Å². The minimum absolute atomic E-state index is 0.174. The zero-order valence-corrected chi connectivity index (χ0v) is 19.8. The smallest absolute Gasteiger partial charge is 0.490 e. The summed E-state index contributed by atoms with van der Waals surface area (Å²) in [5.74, 6) is -0.108. The van der Waals surface area contributed by atoms with Gasteiger partial charge in [0.2, 0.25) is 0 Å². The lowest BCUT2D eigenvalue weighted by atomic mass is 10.1. The molecule has 12 heteroatoms. The predicted octanol–water partition coefficient (Wildman–Crippen LogP) is 4.02. The van der Waals surface area contributed by atoms with E-state index in [1.165, 1.54) is 12.8 Å². The molecular weight excluding hydrogens is 491 g/mol. The van der Waals surface area contributed by atoms with E-state index in [-0.39, 0.29) is 6.10 Å². The van der Waals surface area contributed by atoms with Crippen LogP contribution in [0.25, 0.3) is 11.0 Å². The molecule has 1 saturated carbocycles. The van der Waals surface area contributed by atoms with Crippen molar-refractivity contribution in [1.82, 2.24) is 15.0 Å². The lowest BCUT2D eigenvalue weighted by molar-refractivity contribution is -0.192. The van der Waals surface area contributed by atoms with Crippen LogP contribution in [-0.4, -0.2) is 63.7 Å².